The van der Waals surface area contributed by atoms with E-state index in [0.717, 1.165) is 74.6 Å². The number of unbranched alkanes of at least 4 members (excludes halogenated alkanes) is 3. The summed E-state index contributed by atoms with van der Waals surface area (Å²) in [5.41, 5.74) is 3.49. The summed E-state index contributed by atoms with van der Waals surface area (Å²) in [7, 11) is 0. The Kier molecular flexibility index (Phi) is 9.69. The molecule has 3 rings (SSSR count). The Morgan fingerprint density at radius 3 is 2.79 bits per heavy atom. The van der Waals surface area contributed by atoms with Crippen LogP contribution in [0.15, 0.2) is 52.6 Å². The van der Waals surface area contributed by atoms with Crippen molar-refractivity contribution in [2.24, 2.45) is 17.0 Å². The molecule has 0 saturated carbocycles. The molecule has 1 N–H and O–H groups in total. The summed E-state index contributed by atoms with van der Waals surface area (Å²) in [4.78, 5) is 20.3. The second-order valence-corrected chi connectivity index (χ2v) is 10.0. The van der Waals surface area contributed by atoms with Crippen LogP contribution in [0.1, 0.15) is 85.0 Å². The van der Waals surface area contributed by atoms with Gasteiger partial charge in [0.05, 0.1) is 17.7 Å². The van der Waals surface area contributed by atoms with Gasteiger partial charge in [0.2, 0.25) is 0 Å². The minimum absolute atomic E-state index is 0.00609. The van der Waals surface area contributed by atoms with Crippen molar-refractivity contribution in [3.05, 3.63) is 47.5 Å². The number of piperidine rings is 1. The molecule has 6 heteroatoms. The van der Waals surface area contributed by atoms with E-state index in [-0.39, 0.29) is 23.8 Å². The maximum Gasteiger partial charge on any atom is 0.253 e. The van der Waals surface area contributed by atoms with Crippen molar-refractivity contribution in [3.8, 4) is 0 Å². The van der Waals surface area contributed by atoms with Gasteiger partial charge in [-0.15, -0.1) is 0 Å². The Bertz CT molecular complexity index is 869. The van der Waals surface area contributed by atoms with E-state index in [1.807, 2.05) is 19.9 Å². The first-order valence-electron chi connectivity index (χ1n) is 13.0. The SMILES string of the molecule is C=C1C(O)CCCN1C(=O)C(CCCCCC[C@@H](CCC)C1=NO[C@H]2C=C(F)C=CC12)=C(C)C. The number of oxime groups is 1. The molecule has 0 bridgehead atoms. The van der Waals surface area contributed by atoms with E-state index in [1.54, 1.807) is 4.90 Å². The number of halogens is 1. The number of amides is 1. The van der Waals surface area contributed by atoms with Gasteiger partial charge in [-0.1, -0.05) is 56.0 Å². The Labute approximate surface area is 204 Å². The molecule has 1 saturated heterocycles. The Morgan fingerprint density at radius 2 is 2.06 bits per heavy atom. The Hall–Kier alpha value is -2.21. The quantitative estimate of drug-likeness (QED) is 0.281. The average molecular weight is 473 g/mol. The number of hydrogen-bond acceptors (Lipinski definition) is 4. The van der Waals surface area contributed by atoms with Gasteiger partial charge in [0.15, 0.2) is 6.10 Å². The number of likely N-dealkylation sites (tertiary alicyclic amines) is 1. The zero-order valence-corrected chi connectivity index (χ0v) is 21.1. The fourth-order valence-electron chi connectivity index (χ4n) is 5.25. The molecule has 4 atom stereocenters. The molecule has 0 aromatic carbocycles. The van der Waals surface area contributed by atoms with Crippen LogP contribution in [0.3, 0.4) is 0 Å². The lowest BCUT2D eigenvalue weighted by molar-refractivity contribution is -0.127. The molecule has 1 aliphatic carbocycles. The lowest BCUT2D eigenvalue weighted by atomic mass is 9.81. The van der Waals surface area contributed by atoms with Crippen LogP contribution in [-0.4, -0.2) is 40.4 Å². The van der Waals surface area contributed by atoms with Crippen LogP contribution < -0.4 is 0 Å². The maximum absolute atomic E-state index is 13.5. The van der Waals surface area contributed by atoms with E-state index in [1.165, 1.54) is 12.2 Å². The van der Waals surface area contributed by atoms with Crippen LogP contribution in [0.2, 0.25) is 0 Å². The van der Waals surface area contributed by atoms with Gasteiger partial charge in [-0.05, 0) is 64.5 Å². The molecule has 2 heterocycles. The molecule has 34 heavy (non-hydrogen) atoms. The number of rotatable bonds is 11. The molecular formula is C28H41FN2O3. The summed E-state index contributed by atoms with van der Waals surface area (Å²) in [6.07, 6.45) is 13.7. The molecule has 2 aliphatic heterocycles. The topological polar surface area (TPSA) is 62.1 Å². The predicted molar refractivity (Wildman–Crippen MR) is 135 cm³/mol. The fraction of sp³-hybridized carbons (Fsp3) is 0.643. The highest BCUT2D eigenvalue weighted by molar-refractivity contribution is 5.95. The predicted octanol–water partition coefficient (Wildman–Crippen LogP) is 6.37. The first-order valence-corrected chi connectivity index (χ1v) is 13.0. The smallest absolute Gasteiger partial charge is 0.253 e. The average Bonchev–Trinajstić information content (AvgIpc) is 3.21. The van der Waals surface area contributed by atoms with Crippen molar-refractivity contribution in [2.45, 2.75) is 97.2 Å². The second-order valence-electron chi connectivity index (χ2n) is 10.0. The molecular weight excluding hydrogens is 431 g/mol. The van der Waals surface area contributed by atoms with E-state index in [0.29, 0.717) is 24.6 Å². The Morgan fingerprint density at radius 1 is 1.29 bits per heavy atom. The number of fused-ring (bicyclic) bond motifs is 1. The van der Waals surface area contributed by atoms with Crippen LogP contribution in [0, 0.1) is 11.8 Å². The largest absolute Gasteiger partial charge is 0.387 e. The van der Waals surface area contributed by atoms with Gasteiger partial charge >= 0.3 is 0 Å². The number of hydrogen-bond donors (Lipinski definition) is 1. The normalized spacial score (nSPS) is 24.8. The molecule has 1 fully saturated rings. The highest BCUT2D eigenvalue weighted by Gasteiger charge is 2.36. The molecule has 3 aliphatic rings. The molecule has 1 amide bonds. The maximum atomic E-state index is 13.5. The first-order chi connectivity index (χ1) is 16.3. The summed E-state index contributed by atoms with van der Waals surface area (Å²) in [5, 5.41) is 14.4. The van der Waals surface area contributed by atoms with Crippen LogP contribution in [0.4, 0.5) is 4.39 Å². The van der Waals surface area contributed by atoms with Crippen molar-refractivity contribution in [3.63, 3.8) is 0 Å². The molecule has 188 valence electrons. The Balaban J connectivity index is 1.44. The first kappa shape index (κ1) is 26.4. The summed E-state index contributed by atoms with van der Waals surface area (Å²) in [6, 6.07) is 0. The number of aliphatic hydroxyl groups excluding tert-OH is 1. The molecule has 5 nitrogen and oxygen atoms in total. The van der Waals surface area contributed by atoms with E-state index in [2.05, 4.69) is 18.7 Å². The van der Waals surface area contributed by atoms with Crippen molar-refractivity contribution >= 4 is 11.6 Å². The lowest BCUT2D eigenvalue weighted by Gasteiger charge is -2.33. The van der Waals surface area contributed by atoms with E-state index in [9.17, 15) is 14.3 Å². The van der Waals surface area contributed by atoms with Gasteiger partial charge in [-0.25, -0.2) is 4.39 Å². The van der Waals surface area contributed by atoms with Gasteiger partial charge in [0, 0.05) is 23.7 Å². The summed E-state index contributed by atoms with van der Waals surface area (Å²) in [5.74, 6) is 0.183. The number of carbonyl (C=O) groups is 1. The number of allylic oxidation sites excluding steroid dienone is 3. The van der Waals surface area contributed by atoms with Gasteiger partial charge in [-0.3, -0.25) is 4.79 Å². The van der Waals surface area contributed by atoms with Crippen LogP contribution in [0.5, 0.6) is 0 Å². The van der Waals surface area contributed by atoms with Crippen molar-refractivity contribution in [2.75, 3.05) is 6.54 Å². The zero-order valence-electron chi connectivity index (χ0n) is 21.1. The number of carbonyl (C=O) groups excluding carboxylic acids is 1. The molecule has 2 unspecified atom stereocenters. The third-order valence-corrected chi connectivity index (χ3v) is 7.24. The standard InChI is InChI=1S/C28H41FN2O3/c1-5-11-21(27-24-16-15-22(29)18-26(24)34-30-27)12-8-6-7-9-13-23(19(2)3)28(33)31-17-10-14-25(32)20(31)4/h15-16,18,21,24-26,32H,4-14,17H2,1-3H3/t21-,24?,25?,26+/m1/s1. The summed E-state index contributed by atoms with van der Waals surface area (Å²) < 4.78 is 13.5. The lowest BCUT2D eigenvalue weighted by Crippen LogP contribution is -2.40. The second kappa shape index (κ2) is 12.5. The molecule has 0 spiro atoms. The van der Waals surface area contributed by atoms with Gasteiger partial charge in [0.1, 0.15) is 5.83 Å². The monoisotopic (exact) mass is 472 g/mol. The molecule has 0 aromatic heterocycles. The fourth-order valence-corrected chi connectivity index (χ4v) is 5.25. The van der Waals surface area contributed by atoms with Crippen LogP contribution in [-0.2, 0) is 9.63 Å². The van der Waals surface area contributed by atoms with E-state index >= 15 is 0 Å². The zero-order chi connectivity index (χ0) is 24.7. The highest BCUT2D eigenvalue weighted by Crippen LogP contribution is 2.33. The number of nitrogens with zero attached hydrogens (tertiary/aromatic N) is 2. The minimum atomic E-state index is -0.614. The minimum Gasteiger partial charge on any atom is -0.387 e. The third-order valence-electron chi connectivity index (χ3n) is 7.24. The third kappa shape index (κ3) is 6.47. The van der Waals surface area contributed by atoms with E-state index < -0.39 is 6.10 Å². The number of aliphatic hydroxyl groups is 1. The van der Waals surface area contributed by atoms with Crippen LogP contribution in [0.25, 0.3) is 0 Å². The highest BCUT2D eigenvalue weighted by atomic mass is 19.1. The van der Waals surface area contributed by atoms with E-state index in [4.69, 9.17) is 4.84 Å². The van der Waals surface area contributed by atoms with Crippen molar-refractivity contribution < 1.29 is 19.1 Å². The van der Waals surface area contributed by atoms with Gasteiger partial charge in [-0.2, -0.15) is 0 Å². The van der Waals surface area contributed by atoms with Crippen LogP contribution >= 0.6 is 0 Å². The molecule has 0 aromatic rings. The van der Waals surface area contributed by atoms with Crippen molar-refractivity contribution in [1.29, 1.82) is 0 Å². The van der Waals surface area contributed by atoms with Gasteiger partial charge in [0.25, 0.3) is 5.91 Å². The molecule has 0 radical (unpaired) electrons. The van der Waals surface area contributed by atoms with Crippen molar-refractivity contribution in [1.82, 2.24) is 4.90 Å². The summed E-state index contributed by atoms with van der Waals surface area (Å²) >= 11 is 0. The summed E-state index contributed by atoms with van der Waals surface area (Å²) in [6.45, 7) is 10.7. The van der Waals surface area contributed by atoms with Gasteiger partial charge < -0.3 is 14.8 Å².